The van der Waals surface area contributed by atoms with Gasteiger partial charge in [-0.15, -0.1) is 11.3 Å². The fourth-order valence-corrected chi connectivity index (χ4v) is 3.07. The van der Waals surface area contributed by atoms with Crippen molar-refractivity contribution in [2.24, 2.45) is 5.73 Å². The smallest absolute Gasteiger partial charge is 0.388 e. The molecular weight excluding hydrogens is 265 g/mol. The first kappa shape index (κ1) is 13.8. The summed E-state index contributed by atoms with van der Waals surface area (Å²) in [6, 6.07) is 0.362. The van der Waals surface area contributed by atoms with E-state index in [2.05, 4.69) is 5.32 Å². The summed E-state index contributed by atoms with van der Waals surface area (Å²) in [6.45, 7) is 1.13. The van der Waals surface area contributed by atoms with Crippen molar-refractivity contribution < 1.29 is 18.3 Å². The SMILES string of the molecule is NC(c1ccsc1C(F)(F)F)C1(O)CCNCC1. The van der Waals surface area contributed by atoms with E-state index in [1.165, 1.54) is 11.4 Å². The average Bonchev–Trinajstić information content (AvgIpc) is 2.77. The lowest BCUT2D eigenvalue weighted by Gasteiger charge is -2.37. The third-order valence-electron chi connectivity index (χ3n) is 3.34. The molecule has 18 heavy (non-hydrogen) atoms. The molecule has 2 rings (SSSR count). The summed E-state index contributed by atoms with van der Waals surface area (Å²) in [5.74, 6) is 0. The first-order valence-electron chi connectivity index (χ1n) is 5.68. The largest absolute Gasteiger partial charge is 0.425 e. The summed E-state index contributed by atoms with van der Waals surface area (Å²) < 4.78 is 38.4. The van der Waals surface area contributed by atoms with Gasteiger partial charge in [0.15, 0.2) is 0 Å². The van der Waals surface area contributed by atoms with Crippen molar-refractivity contribution >= 4 is 11.3 Å². The van der Waals surface area contributed by atoms with Gasteiger partial charge in [0.1, 0.15) is 4.88 Å². The number of alkyl halides is 3. The maximum atomic E-state index is 12.8. The maximum absolute atomic E-state index is 12.8. The van der Waals surface area contributed by atoms with Crippen LogP contribution in [0, 0.1) is 0 Å². The number of rotatable bonds is 2. The third kappa shape index (κ3) is 2.54. The predicted molar refractivity (Wildman–Crippen MR) is 63.3 cm³/mol. The molecule has 4 N–H and O–H groups in total. The van der Waals surface area contributed by atoms with Crippen LogP contribution in [0.25, 0.3) is 0 Å². The normalized spacial score (nSPS) is 21.8. The molecule has 1 saturated heterocycles. The predicted octanol–water partition coefficient (Wildman–Crippen LogP) is 1.88. The van der Waals surface area contributed by atoms with Crippen molar-refractivity contribution in [3.8, 4) is 0 Å². The quantitative estimate of drug-likeness (QED) is 0.775. The second kappa shape index (κ2) is 4.80. The van der Waals surface area contributed by atoms with Gasteiger partial charge in [0, 0.05) is 0 Å². The highest BCUT2D eigenvalue weighted by atomic mass is 32.1. The number of aliphatic hydroxyl groups is 1. The number of piperidine rings is 1. The molecule has 1 fully saturated rings. The van der Waals surface area contributed by atoms with Crippen LogP contribution in [0.5, 0.6) is 0 Å². The molecule has 1 aromatic heterocycles. The van der Waals surface area contributed by atoms with Crippen LogP contribution < -0.4 is 11.1 Å². The minimum atomic E-state index is -4.41. The van der Waals surface area contributed by atoms with E-state index < -0.39 is 22.7 Å². The highest BCUT2D eigenvalue weighted by Gasteiger charge is 2.42. The molecule has 102 valence electrons. The van der Waals surface area contributed by atoms with Crippen LogP contribution in [0.1, 0.15) is 29.3 Å². The number of hydrogen-bond donors (Lipinski definition) is 3. The van der Waals surface area contributed by atoms with E-state index in [0.29, 0.717) is 37.3 Å². The molecule has 1 atom stereocenters. The second-order valence-electron chi connectivity index (χ2n) is 4.53. The molecule has 0 aliphatic carbocycles. The summed E-state index contributed by atoms with van der Waals surface area (Å²) >= 11 is 0.616. The number of halogens is 3. The Hall–Kier alpha value is -0.630. The Labute approximate surface area is 107 Å². The van der Waals surface area contributed by atoms with Crippen molar-refractivity contribution in [2.45, 2.75) is 30.7 Å². The highest BCUT2D eigenvalue weighted by Crippen LogP contribution is 2.42. The standard InChI is InChI=1S/C11H15F3N2OS/c12-11(13,14)9-7(1-6-18-9)8(15)10(17)2-4-16-5-3-10/h1,6,8,16-17H,2-5,15H2. The summed E-state index contributed by atoms with van der Waals surface area (Å²) in [4.78, 5) is -0.707. The molecule has 0 saturated carbocycles. The first-order chi connectivity index (χ1) is 8.34. The van der Waals surface area contributed by atoms with Gasteiger partial charge in [0.2, 0.25) is 0 Å². The van der Waals surface area contributed by atoms with Crippen molar-refractivity contribution in [1.29, 1.82) is 0 Å². The summed E-state index contributed by atoms with van der Waals surface area (Å²) in [5, 5.41) is 14.8. The lowest BCUT2D eigenvalue weighted by Crippen LogP contribution is -2.49. The van der Waals surface area contributed by atoms with Crippen molar-refractivity contribution in [3.63, 3.8) is 0 Å². The minimum Gasteiger partial charge on any atom is -0.388 e. The molecule has 7 heteroatoms. The van der Waals surface area contributed by atoms with Gasteiger partial charge in [-0.25, -0.2) is 0 Å². The average molecular weight is 280 g/mol. The molecule has 1 aliphatic rings. The zero-order valence-electron chi connectivity index (χ0n) is 9.63. The summed E-state index contributed by atoms with van der Waals surface area (Å²) in [5.41, 5.74) is 4.61. The molecule has 0 spiro atoms. The molecule has 1 unspecified atom stereocenters. The van der Waals surface area contributed by atoms with Gasteiger partial charge in [-0.3, -0.25) is 0 Å². The summed E-state index contributed by atoms with van der Waals surface area (Å²) in [7, 11) is 0. The molecule has 1 aromatic rings. The molecular formula is C11H15F3N2OS. The second-order valence-corrected chi connectivity index (χ2v) is 5.45. The Morgan fingerprint density at radius 1 is 1.39 bits per heavy atom. The Kier molecular flexibility index (Phi) is 3.68. The van der Waals surface area contributed by atoms with Crippen LogP contribution in [0.15, 0.2) is 11.4 Å². The maximum Gasteiger partial charge on any atom is 0.425 e. The molecule has 0 amide bonds. The van der Waals surface area contributed by atoms with Crippen molar-refractivity contribution in [3.05, 3.63) is 21.9 Å². The van der Waals surface area contributed by atoms with E-state index in [-0.39, 0.29) is 5.56 Å². The number of hydrogen-bond acceptors (Lipinski definition) is 4. The number of nitrogens with two attached hydrogens (primary N) is 1. The van der Waals surface area contributed by atoms with Gasteiger partial charge < -0.3 is 16.2 Å². The van der Waals surface area contributed by atoms with Crippen LogP contribution in [-0.2, 0) is 6.18 Å². The molecule has 3 nitrogen and oxygen atoms in total. The Morgan fingerprint density at radius 2 is 2.00 bits per heavy atom. The fourth-order valence-electron chi connectivity index (χ4n) is 2.25. The first-order valence-corrected chi connectivity index (χ1v) is 6.56. The zero-order valence-corrected chi connectivity index (χ0v) is 10.4. The topological polar surface area (TPSA) is 58.3 Å². The minimum absolute atomic E-state index is 0.00287. The van der Waals surface area contributed by atoms with E-state index in [9.17, 15) is 18.3 Å². The van der Waals surface area contributed by atoms with Crippen LogP contribution in [0.3, 0.4) is 0 Å². The van der Waals surface area contributed by atoms with E-state index in [0.717, 1.165) is 0 Å². The Morgan fingerprint density at radius 3 is 2.56 bits per heavy atom. The van der Waals surface area contributed by atoms with Crippen LogP contribution in [-0.4, -0.2) is 23.8 Å². The zero-order chi connectivity index (χ0) is 13.4. The number of nitrogens with one attached hydrogen (secondary N) is 1. The molecule has 0 bridgehead atoms. The molecule has 0 radical (unpaired) electrons. The van der Waals surface area contributed by atoms with Gasteiger partial charge in [-0.05, 0) is 42.9 Å². The van der Waals surface area contributed by atoms with Crippen molar-refractivity contribution in [1.82, 2.24) is 5.32 Å². The van der Waals surface area contributed by atoms with E-state index in [1.807, 2.05) is 0 Å². The van der Waals surface area contributed by atoms with E-state index in [4.69, 9.17) is 5.73 Å². The highest BCUT2D eigenvalue weighted by molar-refractivity contribution is 7.10. The third-order valence-corrected chi connectivity index (χ3v) is 4.31. The Bertz CT molecular complexity index is 413. The fraction of sp³-hybridized carbons (Fsp3) is 0.636. The van der Waals surface area contributed by atoms with Crippen LogP contribution >= 0.6 is 11.3 Å². The van der Waals surface area contributed by atoms with Gasteiger partial charge >= 0.3 is 6.18 Å². The van der Waals surface area contributed by atoms with Crippen LogP contribution in [0.4, 0.5) is 13.2 Å². The number of thiophene rings is 1. The van der Waals surface area contributed by atoms with Crippen molar-refractivity contribution in [2.75, 3.05) is 13.1 Å². The van der Waals surface area contributed by atoms with Gasteiger partial charge in [0.25, 0.3) is 0 Å². The lowest BCUT2D eigenvalue weighted by molar-refractivity contribution is -0.135. The monoisotopic (exact) mass is 280 g/mol. The molecule has 1 aliphatic heterocycles. The van der Waals surface area contributed by atoms with Gasteiger partial charge in [-0.1, -0.05) is 0 Å². The molecule has 0 aromatic carbocycles. The van der Waals surface area contributed by atoms with Crippen LogP contribution in [0.2, 0.25) is 0 Å². The lowest BCUT2D eigenvalue weighted by atomic mass is 9.82. The summed E-state index contributed by atoms with van der Waals surface area (Å²) in [6.07, 6.45) is -3.69. The van der Waals surface area contributed by atoms with Gasteiger partial charge in [-0.2, -0.15) is 13.2 Å². The Balaban J connectivity index is 2.28. The van der Waals surface area contributed by atoms with E-state index in [1.54, 1.807) is 0 Å². The van der Waals surface area contributed by atoms with Gasteiger partial charge in [0.05, 0.1) is 11.6 Å². The van der Waals surface area contributed by atoms with E-state index >= 15 is 0 Å². The molecule has 2 heterocycles.